The lowest BCUT2D eigenvalue weighted by molar-refractivity contribution is 0.669. The van der Waals surface area contributed by atoms with Crippen LogP contribution < -0.4 is 0 Å². The molecule has 0 unspecified atom stereocenters. The number of fused-ring (bicyclic) bond motifs is 3. The van der Waals surface area contributed by atoms with Crippen molar-refractivity contribution in [2.75, 3.05) is 0 Å². The second-order valence-electron chi connectivity index (χ2n) is 4.91. The van der Waals surface area contributed by atoms with Gasteiger partial charge < -0.3 is 0 Å². The van der Waals surface area contributed by atoms with Gasteiger partial charge in [0.1, 0.15) is 0 Å². The van der Waals surface area contributed by atoms with Gasteiger partial charge in [0.2, 0.25) is 0 Å². The third-order valence-corrected chi connectivity index (χ3v) is 4.86. The van der Waals surface area contributed by atoms with Crippen molar-refractivity contribution in [3.05, 3.63) is 22.0 Å². The number of imidazole rings is 1. The molecule has 1 aliphatic rings. The number of aromatic nitrogens is 2. The molecule has 0 saturated heterocycles. The molecule has 0 radical (unpaired) electrons. The van der Waals surface area contributed by atoms with Crippen molar-refractivity contribution >= 4 is 16.3 Å². The first-order valence-corrected chi connectivity index (χ1v) is 7.67. The first-order chi connectivity index (χ1) is 8.35. The Morgan fingerprint density at radius 3 is 2.82 bits per heavy atom. The Balaban J connectivity index is 2.19. The molecule has 3 rings (SSSR count). The predicted octanol–water partition coefficient (Wildman–Crippen LogP) is 3.79. The predicted molar refractivity (Wildman–Crippen MR) is 73.1 cm³/mol. The molecule has 3 heteroatoms. The molecule has 0 saturated carbocycles. The summed E-state index contributed by atoms with van der Waals surface area (Å²) in [4.78, 5) is 7.70. The van der Waals surface area contributed by atoms with E-state index < -0.39 is 0 Å². The third kappa shape index (κ3) is 1.71. The van der Waals surface area contributed by atoms with Crippen LogP contribution in [0.4, 0.5) is 0 Å². The van der Waals surface area contributed by atoms with Gasteiger partial charge in [0.15, 0.2) is 4.96 Å². The van der Waals surface area contributed by atoms with Gasteiger partial charge in [-0.25, -0.2) is 4.98 Å². The van der Waals surface area contributed by atoms with Crippen LogP contribution in [0.5, 0.6) is 0 Å². The summed E-state index contributed by atoms with van der Waals surface area (Å²) in [7, 11) is 0. The summed E-state index contributed by atoms with van der Waals surface area (Å²) < 4.78 is 2.48. The molecule has 0 fully saturated rings. The Kier molecular flexibility index (Phi) is 2.95. The number of nitrogens with zero attached hydrogens (tertiary/aromatic N) is 2. The lowest BCUT2D eigenvalue weighted by Crippen LogP contribution is -2.05. The highest BCUT2D eigenvalue weighted by molar-refractivity contribution is 7.17. The van der Waals surface area contributed by atoms with E-state index >= 15 is 0 Å². The smallest absolute Gasteiger partial charge is 0.194 e. The zero-order chi connectivity index (χ0) is 11.8. The molecule has 0 N–H and O–H groups in total. The van der Waals surface area contributed by atoms with Crippen molar-refractivity contribution in [1.82, 2.24) is 9.38 Å². The van der Waals surface area contributed by atoms with E-state index in [1.54, 1.807) is 10.6 Å². The number of hydrogen-bond acceptors (Lipinski definition) is 2. The van der Waals surface area contributed by atoms with Gasteiger partial charge in [0.05, 0.1) is 5.69 Å². The first kappa shape index (κ1) is 11.3. The fraction of sp³-hybridized carbons (Fsp3) is 0.643. The summed E-state index contributed by atoms with van der Waals surface area (Å²) in [6.45, 7) is 4.50. The molecule has 17 heavy (non-hydrogen) atoms. The molecule has 0 atom stereocenters. The molecule has 0 amide bonds. The summed E-state index contributed by atoms with van der Waals surface area (Å²) in [5, 5.41) is 0. The maximum atomic E-state index is 4.86. The molecule has 0 aromatic carbocycles. The summed E-state index contributed by atoms with van der Waals surface area (Å²) in [6, 6.07) is 0. The summed E-state index contributed by atoms with van der Waals surface area (Å²) in [6.07, 6.45) is 8.68. The second-order valence-corrected chi connectivity index (χ2v) is 5.97. The minimum absolute atomic E-state index is 1.11. The number of aryl methyl sites for hydroxylation is 4. The zero-order valence-corrected chi connectivity index (χ0v) is 11.6. The van der Waals surface area contributed by atoms with Crippen molar-refractivity contribution in [3.63, 3.8) is 0 Å². The minimum atomic E-state index is 1.11. The van der Waals surface area contributed by atoms with Crippen LogP contribution in [-0.2, 0) is 25.7 Å². The van der Waals surface area contributed by atoms with Gasteiger partial charge in [-0.05, 0) is 38.5 Å². The van der Waals surface area contributed by atoms with Crippen LogP contribution in [0.2, 0.25) is 0 Å². The average Bonchev–Trinajstić information content (AvgIpc) is 2.84. The van der Waals surface area contributed by atoms with E-state index in [0.717, 1.165) is 12.8 Å². The topological polar surface area (TPSA) is 17.3 Å². The van der Waals surface area contributed by atoms with Crippen LogP contribution in [-0.4, -0.2) is 9.38 Å². The Bertz CT molecular complexity index is 536. The van der Waals surface area contributed by atoms with Crippen LogP contribution in [0.1, 0.15) is 55.1 Å². The quantitative estimate of drug-likeness (QED) is 0.808. The van der Waals surface area contributed by atoms with Gasteiger partial charge >= 0.3 is 0 Å². The monoisotopic (exact) mass is 248 g/mol. The van der Waals surface area contributed by atoms with E-state index in [-0.39, 0.29) is 0 Å². The summed E-state index contributed by atoms with van der Waals surface area (Å²) in [5.74, 6) is 0. The molecular weight excluding hydrogens is 228 g/mol. The highest BCUT2D eigenvalue weighted by atomic mass is 32.1. The van der Waals surface area contributed by atoms with E-state index in [4.69, 9.17) is 4.98 Å². The molecular formula is C14H20N2S. The second kappa shape index (κ2) is 4.45. The number of hydrogen-bond donors (Lipinski definition) is 0. The lowest BCUT2D eigenvalue weighted by atomic mass is 10.0. The van der Waals surface area contributed by atoms with Gasteiger partial charge in [-0.15, -0.1) is 11.3 Å². The highest BCUT2D eigenvalue weighted by Gasteiger charge is 2.21. The molecule has 2 aromatic rings. The summed E-state index contributed by atoms with van der Waals surface area (Å²) in [5.41, 5.74) is 4.39. The number of thiazole rings is 1. The molecule has 1 aliphatic carbocycles. The maximum absolute atomic E-state index is 4.86. The Morgan fingerprint density at radius 2 is 2.06 bits per heavy atom. The van der Waals surface area contributed by atoms with E-state index in [2.05, 4.69) is 18.2 Å². The molecule has 92 valence electrons. The normalized spacial score (nSPS) is 15.4. The lowest BCUT2D eigenvalue weighted by Gasteiger charge is -2.12. The van der Waals surface area contributed by atoms with Crippen LogP contribution in [0.25, 0.3) is 4.96 Å². The van der Waals surface area contributed by atoms with Crippen LogP contribution in [0.3, 0.4) is 0 Å². The number of rotatable bonds is 3. The van der Waals surface area contributed by atoms with E-state index in [9.17, 15) is 0 Å². The van der Waals surface area contributed by atoms with Crippen molar-refractivity contribution in [3.8, 4) is 0 Å². The Morgan fingerprint density at radius 1 is 1.24 bits per heavy atom. The molecule has 2 heterocycles. The minimum Gasteiger partial charge on any atom is -0.291 e. The third-order valence-electron chi connectivity index (χ3n) is 3.72. The van der Waals surface area contributed by atoms with Crippen LogP contribution in [0.15, 0.2) is 0 Å². The molecule has 0 aliphatic heterocycles. The molecule has 2 aromatic heterocycles. The standard InChI is InChI=1S/C14H20N2S/c1-3-7-10-11(4-2)16-12-8-5-6-9-13(12)17-14(16)15-10/h3-9H2,1-2H3. The average molecular weight is 248 g/mol. The van der Waals surface area contributed by atoms with Crippen LogP contribution >= 0.6 is 11.3 Å². The fourth-order valence-corrected chi connectivity index (χ4v) is 4.18. The largest absolute Gasteiger partial charge is 0.291 e. The summed E-state index contributed by atoms with van der Waals surface area (Å²) >= 11 is 1.93. The Labute approximate surface area is 107 Å². The van der Waals surface area contributed by atoms with Crippen molar-refractivity contribution in [2.24, 2.45) is 0 Å². The highest BCUT2D eigenvalue weighted by Crippen LogP contribution is 2.32. The molecule has 2 nitrogen and oxygen atoms in total. The van der Waals surface area contributed by atoms with E-state index in [1.165, 1.54) is 48.5 Å². The molecule has 0 bridgehead atoms. The van der Waals surface area contributed by atoms with Crippen molar-refractivity contribution < 1.29 is 0 Å². The van der Waals surface area contributed by atoms with Crippen molar-refractivity contribution in [1.29, 1.82) is 0 Å². The maximum Gasteiger partial charge on any atom is 0.194 e. The van der Waals surface area contributed by atoms with Gasteiger partial charge in [0.25, 0.3) is 0 Å². The zero-order valence-electron chi connectivity index (χ0n) is 10.8. The Hall–Kier alpha value is -0.830. The van der Waals surface area contributed by atoms with Gasteiger partial charge in [0, 0.05) is 16.3 Å². The van der Waals surface area contributed by atoms with Gasteiger partial charge in [-0.2, -0.15) is 0 Å². The fourth-order valence-electron chi connectivity index (χ4n) is 2.94. The van der Waals surface area contributed by atoms with E-state index in [1.807, 2.05) is 11.3 Å². The van der Waals surface area contributed by atoms with Gasteiger partial charge in [-0.1, -0.05) is 20.3 Å². The van der Waals surface area contributed by atoms with Crippen molar-refractivity contribution in [2.45, 2.75) is 58.8 Å². The van der Waals surface area contributed by atoms with E-state index in [0.29, 0.717) is 0 Å². The van der Waals surface area contributed by atoms with Gasteiger partial charge in [-0.3, -0.25) is 4.40 Å². The van der Waals surface area contributed by atoms with Crippen LogP contribution in [0, 0.1) is 0 Å². The molecule has 0 spiro atoms. The first-order valence-electron chi connectivity index (χ1n) is 6.85. The SMILES string of the molecule is CCCc1nc2sc3c(n2c1CC)CCCC3.